The molecule has 2 saturated heterocycles. The minimum atomic E-state index is -0.0667. The minimum absolute atomic E-state index is 0.0667. The monoisotopic (exact) mass is 358 g/mol. The van der Waals surface area contributed by atoms with E-state index in [0.717, 1.165) is 64.0 Å². The van der Waals surface area contributed by atoms with Gasteiger partial charge in [-0.25, -0.2) is 0 Å². The van der Waals surface area contributed by atoms with E-state index in [9.17, 15) is 4.79 Å². The van der Waals surface area contributed by atoms with Gasteiger partial charge in [-0.1, -0.05) is 12.5 Å². The van der Waals surface area contributed by atoms with Crippen molar-refractivity contribution in [2.24, 2.45) is 11.8 Å². The van der Waals surface area contributed by atoms with Crippen molar-refractivity contribution >= 4 is 5.91 Å². The second-order valence-corrected chi connectivity index (χ2v) is 8.42. The van der Waals surface area contributed by atoms with Crippen LogP contribution in [0.2, 0.25) is 0 Å². The van der Waals surface area contributed by atoms with Gasteiger partial charge < -0.3 is 14.4 Å². The average Bonchev–Trinajstić information content (AvgIpc) is 2.55. The molecule has 142 valence electrons. The molecule has 1 amide bonds. The third kappa shape index (κ3) is 3.94. The Labute approximate surface area is 156 Å². The number of carbonyl (C=O) groups excluding carboxylic acids is 1. The van der Waals surface area contributed by atoms with E-state index in [1.807, 2.05) is 17.3 Å². The summed E-state index contributed by atoms with van der Waals surface area (Å²) >= 11 is 0. The van der Waals surface area contributed by atoms with Crippen LogP contribution in [0.4, 0.5) is 0 Å². The molecule has 1 atom stereocenters. The highest BCUT2D eigenvalue weighted by atomic mass is 16.5. The van der Waals surface area contributed by atoms with Crippen LogP contribution in [-0.2, 0) is 20.9 Å². The fourth-order valence-corrected chi connectivity index (χ4v) is 4.45. The van der Waals surface area contributed by atoms with Crippen molar-refractivity contribution in [3.8, 4) is 0 Å². The van der Waals surface area contributed by atoms with E-state index < -0.39 is 0 Å². The fourth-order valence-electron chi connectivity index (χ4n) is 4.45. The first-order chi connectivity index (χ1) is 12.6. The maximum Gasteiger partial charge on any atom is 0.225 e. The highest BCUT2D eigenvalue weighted by molar-refractivity contribution is 5.80. The number of carbonyl (C=O) groups is 1. The zero-order valence-corrected chi connectivity index (χ0v) is 15.8. The molecule has 0 unspecified atom stereocenters. The molecule has 3 heterocycles. The summed E-state index contributed by atoms with van der Waals surface area (Å²) < 4.78 is 12.0. The predicted molar refractivity (Wildman–Crippen MR) is 98.6 cm³/mol. The Kier molecular flexibility index (Phi) is 5.28. The third-order valence-electron chi connectivity index (χ3n) is 6.19. The van der Waals surface area contributed by atoms with Gasteiger partial charge in [0.25, 0.3) is 0 Å². The number of hydrogen-bond acceptors (Lipinski definition) is 4. The lowest BCUT2D eigenvalue weighted by molar-refractivity contribution is -0.193. The van der Waals surface area contributed by atoms with Crippen LogP contribution in [0.1, 0.15) is 49.7 Å². The van der Waals surface area contributed by atoms with E-state index in [-0.39, 0.29) is 5.60 Å². The molecular weight excluding hydrogens is 328 g/mol. The van der Waals surface area contributed by atoms with Gasteiger partial charge in [-0.3, -0.25) is 9.78 Å². The zero-order chi connectivity index (χ0) is 18.0. The molecule has 1 aromatic rings. The number of aryl methyl sites for hydroxylation is 1. The van der Waals surface area contributed by atoms with Crippen molar-refractivity contribution in [1.82, 2.24) is 9.88 Å². The number of nitrogens with zero attached hydrogens (tertiary/aromatic N) is 2. The molecule has 0 radical (unpaired) electrons. The molecule has 3 aliphatic rings. The topological polar surface area (TPSA) is 51.7 Å². The lowest BCUT2D eigenvalue weighted by Crippen LogP contribution is -2.67. The molecule has 1 aliphatic carbocycles. The predicted octanol–water partition coefficient (Wildman–Crippen LogP) is 3.10. The lowest BCUT2D eigenvalue weighted by atomic mass is 9.77. The molecular formula is C21H30N2O3. The van der Waals surface area contributed by atoms with Crippen molar-refractivity contribution in [3.63, 3.8) is 0 Å². The summed E-state index contributed by atoms with van der Waals surface area (Å²) in [6, 6.07) is 2.12. The van der Waals surface area contributed by atoms with Gasteiger partial charge in [-0.15, -0.1) is 0 Å². The van der Waals surface area contributed by atoms with Gasteiger partial charge in [0.1, 0.15) is 5.60 Å². The summed E-state index contributed by atoms with van der Waals surface area (Å²) in [7, 11) is 0. The highest BCUT2D eigenvalue weighted by Gasteiger charge is 2.50. The Morgan fingerprint density at radius 3 is 2.92 bits per heavy atom. The van der Waals surface area contributed by atoms with Gasteiger partial charge in [0.05, 0.1) is 19.7 Å². The molecule has 0 N–H and O–H groups in total. The van der Waals surface area contributed by atoms with E-state index in [1.165, 1.54) is 12.0 Å². The van der Waals surface area contributed by atoms with Crippen molar-refractivity contribution in [2.45, 2.75) is 57.7 Å². The van der Waals surface area contributed by atoms with Gasteiger partial charge in [-0.05, 0) is 56.1 Å². The summed E-state index contributed by atoms with van der Waals surface area (Å²) in [5, 5.41) is 0. The Hall–Kier alpha value is -1.46. The normalized spacial score (nSPS) is 25.0. The molecule has 26 heavy (non-hydrogen) atoms. The number of pyridine rings is 1. The van der Waals surface area contributed by atoms with E-state index in [2.05, 4.69) is 18.0 Å². The van der Waals surface area contributed by atoms with E-state index in [1.54, 1.807) is 0 Å². The van der Waals surface area contributed by atoms with Crippen LogP contribution in [0.3, 0.4) is 0 Å². The molecule has 0 bridgehead atoms. The van der Waals surface area contributed by atoms with Crippen molar-refractivity contribution < 1.29 is 14.3 Å². The molecule has 1 aromatic heterocycles. The molecule has 4 rings (SSSR count). The van der Waals surface area contributed by atoms with E-state index >= 15 is 0 Å². The molecule has 1 saturated carbocycles. The van der Waals surface area contributed by atoms with E-state index in [0.29, 0.717) is 24.3 Å². The first-order valence-corrected chi connectivity index (χ1v) is 10.0. The zero-order valence-electron chi connectivity index (χ0n) is 15.8. The molecule has 3 fully saturated rings. The SMILES string of the molecule is Cc1cncc(COCC[C@@H]2CCOC3(C2)CN(C(=O)C2CCC2)C3)c1. The number of ether oxygens (including phenoxy) is 2. The number of likely N-dealkylation sites (tertiary alicyclic amines) is 1. The second kappa shape index (κ2) is 7.65. The fraction of sp³-hybridized carbons (Fsp3) is 0.714. The van der Waals surface area contributed by atoms with E-state index in [4.69, 9.17) is 9.47 Å². The summed E-state index contributed by atoms with van der Waals surface area (Å²) in [4.78, 5) is 18.6. The first-order valence-electron chi connectivity index (χ1n) is 10.0. The number of aromatic nitrogens is 1. The van der Waals surface area contributed by atoms with Gasteiger partial charge in [0, 0.05) is 31.5 Å². The summed E-state index contributed by atoms with van der Waals surface area (Å²) in [5.41, 5.74) is 2.24. The van der Waals surface area contributed by atoms with Crippen LogP contribution in [0, 0.1) is 18.8 Å². The largest absolute Gasteiger partial charge is 0.377 e. The third-order valence-corrected chi connectivity index (χ3v) is 6.19. The Bertz CT molecular complexity index is 638. The van der Waals surface area contributed by atoms with Crippen LogP contribution in [0.5, 0.6) is 0 Å². The Morgan fingerprint density at radius 2 is 2.19 bits per heavy atom. The Balaban J connectivity index is 1.18. The maximum absolute atomic E-state index is 12.3. The van der Waals surface area contributed by atoms with Crippen molar-refractivity contribution in [1.29, 1.82) is 0 Å². The first kappa shape index (κ1) is 17.9. The van der Waals surface area contributed by atoms with Crippen LogP contribution in [-0.4, -0.2) is 47.7 Å². The van der Waals surface area contributed by atoms with Gasteiger partial charge in [0.2, 0.25) is 5.91 Å². The van der Waals surface area contributed by atoms with Gasteiger partial charge in [0.15, 0.2) is 0 Å². The molecule has 2 aliphatic heterocycles. The lowest BCUT2D eigenvalue weighted by Gasteiger charge is -2.54. The standard InChI is InChI=1S/C21H30N2O3/c1-16-9-18(12-22-11-16)13-25-7-5-17-6-8-26-21(10-17)14-23(15-21)20(24)19-3-2-4-19/h9,11-12,17,19H,2-8,10,13-15H2,1H3/t17-/m1/s1. The summed E-state index contributed by atoms with van der Waals surface area (Å²) in [5.74, 6) is 1.30. The second-order valence-electron chi connectivity index (χ2n) is 8.42. The number of rotatable bonds is 6. The van der Waals surface area contributed by atoms with Crippen LogP contribution in [0.25, 0.3) is 0 Å². The minimum Gasteiger partial charge on any atom is -0.377 e. The van der Waals surface area contributed by atoms with Crippen LogP contribution < -0.4 is 0 Å². The molecule has 1 spiro atoms. The van der Waals surface area contributed by atoms with Crippen LogP contribution in [0.15, 0.2) is 18.5 Å². The number of amides is 1. The Morgan fingerprint density at radius 1 is 1.35 bits per heavy atom. The highest BCUT2D eigenvalue weighted by Crippen LogP contribution is 2.40. The summed E-state index contributed by atoms with van der Waals surface area (Å²) in [6.07, 6.45) is 10.4. The quantitative estimate of drug-likeness (QED) is 0.733. The molecule has 5 heteroatoms. The molecule has 0 aromatic carbocycles. The smallest absolute Gasteiger partial charge is 0.225 e. The average molecular weight is 358 g/mol. The van der Waals surface area contributed by atoms with Crippen molar-refractivity contribution in [2.75, 3.05) is 26.3 Å². The molecule has 5 nitrogen and oxygen atoms in total. The van der Waals surface area contributed by atoms with Gasteiger partial charge >= 0.3 is 0 Å². The number of hydrogen-bond donors (Lipinski definition) is 0. The van der Waals surface area contributed by atoms with Crippen LogP contribution >= 0.6 is 0 Å². The van der Waals surface area contributed by atoms with Gasteiger partial charge in [-0.2, -0.15) is 0 Å². The van der Waals surface area contributed by atoms with Crippen molar-refractivity contribution in [3.05, 3.63) is 29.6 Å². The maximum atomic E-state index is 12.3. The summed E-state index contributed by atoms with van der Waals surface area (Å²) in [6.45, 7) is 5.88.